The second-order valence-corrected chi connectivity index (χ2v) is 5.67. The molecule has 0 saturated heterocycles. The van der Waals surface area contributed by atoms with Crippen LogP contribution < -0.4 is 15.0 Å². The number of nitrogens with zero attached hydrogens (tertiary/aromatic N) is 1. The quantitative estimate of drug-likeness (QED) is 0.925. The molecule has 0 aromatic heterocycles. The first-order valence-corrected chi connectivity index (χ1v) is 7.44. The summed E-state index contributed by atoms with van der Waals surface area (Å²) in [6.45, 7) is 0.870. The van der Waals surface area contributed by atoms with Crippen molar-refractivity contribution in [2.75, 3.05) is 23.9 Å². The van der Waals surface area contributed by atoms with Crippen molar-refractivity contribution in [3.8, 4) is 5.75 Å². The number of fused-ring (bicyclic) bond motifs is 1. The number of methoxy groups -OCH3 is 1. The number of ether oxygens (including phenoxy) is 1. The normalized spacial score (nSPS) is 13.6. The number of para-hydroxylation sites is 2. The highest BCUT2D eigenvalue weighted by atomic mass is 79.9. The molecular formula is C16H15BrN2O2. The van der Waals surface area contributed by atoms with Gasteiger partial charge in [-0.2, -0.15) is 0 Å². The highest BCUT2D eigenvalue weighted by Gasteiger charge is 2.23. The molecule has 3 rings (SSSR count). The van der Waals surface area contributed by atoms with Crippen LogP contribution in [0.3, 0.4) is 0 Å². The zero-order valence-corrected chi connectivity index (χ0v) is 13.2. The van der Waals surface area contributed by atoms with E-state index < -0.39 is 0 Å². The maximum atomic E-state index is 12.2. The summed E-state index contributed by atoms with van der Waals surface area (Å²) in [7, 11) is 1.63. The zero-order valence-electron chi connectivity index (χ0n) is 11.6. The Morgan fingerprint density at radius 1 is 1.29 bits per heavy atom. The van der Waals surface area contributed by atoms with Crippen molar-refractivity contribution < 1.29 is 9.53 Å². The molecule has 5 heteroatoms. The van der Waals surface area contributed by atoms with Gasteiger partial charge in [-0.1, -0.05) is 18.2 Å². The highest BCUT2D eigenvalue weighted by Crippen LogP contribution is 2.31. The Kier molecular flexibility index (Phi) is 3.84. The molecule has 2 aromatic carbocycles. The lowest BCUT2D eigenvalue weighted by atomic mass is 10.1. The molecule has 1 aliphatic heterocycles. The molecule has 1 N–H and O–H groups in total. The van der Waals surface area contributed by atoms with Crippen LogP contribution in [0.5, 0.6) is 5.75 Å². The smallest absolute Gasteiger partial charge is 0.246 e. The third kappa shape index (κ3) is 2.74. The molecule has 0 fully saturated rings. The molecule has 0 aliphatic carbocycles. The molecular weight excluding hydrogens is 332 g/mol. The van der Waals surface area contributed by atoms with E-state index in [-0.39, 0.29) is 5.91 Å². The van der Waals surface area contributed by atoms with Gasteiger partial charge < -0.3 is 15.0 Å². The Bertz CT molecular complexity index is 688. The Labute approximate surface area is 131 Å². The molecule has 0 spiro atoms. The standard InChI is InChI=1S/C16H15BrN2O2/c1-21-15-7-6-11(8-12(15)17)10-19-14-5-3-2-4-13(14)18-9-16(19)20/h2-8,18H,9-10H2,1H3. The first-order valence-electron chi connectivity index (χ1n) is 6.64. The summed E-state index contributed by atoms with van der Waals surface area (Å²) < 4.78 is 6.12. The molecule has 2 aromatic rings. The van der Waals surface area contributed by atoms with Crippen LogP contribution in [0.1, 0.15) is 5.56 Å². The van der Waals surface area contributed by atoms with Gasteiger partial charge in [0.05, 0.1) is 36.0 Å². The number of benzene rings is 2. The monoisotopic (exact) mass is 346 g/mol. The molecule has 0 unspecified atom stereocenters. The maximum absolute atomic E-state index is 12.2. The molecule has 1 amide bonds. The van der Waals surface area contributed by atoms with Crippen LogP contribution in [-0.4, -0.2) is 19.6 Å². The molecule has 0 saturated carbocycles. The molecule has 4 nitrogen and oxygen atoms in total. The van der Waals surface area contributed by atoms with E-state index in [1.165, 1.54) is 0 Å². The van der Waals surface area contributed by atoms with Gasteiger partial charge in [-0.25, -0.2) is 0 Å². The second kappa shape index (κ2) is 5.77. The Morgan fingerprint density at radius 2 is 2.10 bits per heavy atom. The van der Waals surface area contributed by atoms with Crippen molar-refractivity contribution in [2.45, 2.75) is 6.54 Å². The molecule has 108 valence electrons. The maximum Gasteiger partial charge on any atom is 0.246 e. The third-order valence-corrected chi connectivity index (χ3v) is 4.10. The van der Waals surface area contributed by atoms with E-state index in [9.17, 15) is 4.79 Å². The van der Waals surface area contributed by atoms with Crippen molar-refractivity contribution in [3.05, 3.63) is 52.5 Å². The second-order valence-electron chi connectivity index (χ2n) is 4.82. The van der Waals surface area contributed by atoms with Crippen molar-refractivity contribution >= 4 is 33.2 Å². The van der Waals surface area contributed by atoms with E-state index in [1.807, 2.05) is 42.5 Å². The number of halogens is 1. The lowest BCUT2D eigenvalue weighted by molar-refractivity contribution is -0.117. The van der Waals surface area contributed by atoms with Crippen LogP contribution in [0.25, 0.3) is 0 Å². The minimum atomic E-state index is 0.0700. The van der Waals surface area contributed by atoms with Gasteiger partial charge in [0, 0.05) is 0 Å². The molecule has 21 heavy (non-hydrogen) atoms. The van der Waals surface area contributed by atoms with E-state index in [0.29, 0.717) is 13.1 Å². The number of carbonyl (C=O) groups excluding carboxylic acids is 1. The number of carbonyl (C=O) groups is 1. The van der Waals surface area contributed by atoms with E-state index >= 15 is 0 Å². The number of hydrogen-bond donors (Lipinski definition) is 1. The van der Waals surface area contributed by atoms with Gasteiger partial charge in [-0.05, 0) is 45.8 Å². The van der Waals surface area contributed by atoms with Crippen LogP contribution in [0, 0.1) is 0 Å². The Morgan fingerprint density at radius 3 is 2.86 bits per heavy atom. The summed E-state index contributed by atoms with van der Waals surface area (Å²) in [5.74, 6) is 0.853. The summed E-state index contributed by atoms with van der Waals surface area (Å²) >= 11 is 3.48. The largest absolute Gasteiger partial charge is 0.496 e. The Hall–Kier alpha value is -2.01. The van der Waals surface area contributed by atoms with Crippen LogP contribution >= 0.6 is 15.9 Å². The predicted molar refractivity (Wildman–Crippen MR) is 86.8 cm³/mol. The number of amides is 1. The number of anilines is 2. The van der Waals surface area contributed by atoms with Gasteiger partial charge in [-0.15, -0.1) is 0 Å². The third-order valence-electron chi connectivity index (χ3n) is 3.48. The van der Waals surface area contributed by atoms with Crippen LogP contribution in [0.2, 0.25) is 0 Å². The van der Waals surface area contributed by atoms with Gasteiger partial charge in [-0.3, -0.25) is 4.79 Å². The van der Waals surface area contributed by atoms with Gasteiger partial charge in [0.15, 0.2) is 0 Å². The molecule has 1 heterocycles. The minimum absolute atomic E-state index is 0.0700. The van der Waals surface area contributed by atoms with E-state index in [0.717, 1.165) is 27.2 Å². The topological polar surface area (TPSA) is 41.6 Å². The zero-order chi connectivity index (χ0) is 14.8. The fourth-order valence-electron chi connectivity index (χ4n) is 2.42. The minimum Gasteiger partial charge on any atom is -0.496 e. The van der Waals surface area contributed by atoms with Crippen LogP contribution in [0.15, 0.2) is 46.9 Å². The molecule has 0 bridgehead atoms. The van der Waals surface area contributed by atoms with E-state index in [1.54, 1.807) is 12.0 Å². The molecule has 0 atom stereocenters. The highest BCUT2D eigenvalue weighted by molar-refractivity contribution is 9.10. The van der Waals surface area contributed by atoms with E-state index in [2.05, 4.69) is 21.2 Å². The first-order chi connectivity index (χ1) is 10.2. The fourth-order valence-corrected chi connectivity index (χ4v) is 3.01. The summed E-state index contributed by atoms with van der Waals surface area (Å²) in [5.41, 5.74) is 2.96. The van der Waals surface area contributed by atoms with Crippen LogP contribution in [0.4, 0.5) is 11.4 Å². The summed E-state index contributed by atoms with van der Waals surface area (Å²) in [6, 6.07) is 13.7. The van der Waals surface area contributed by atoms with Crippen molar-refractivity contribution in [1.82, 2.24) is 0 Å². The first kappa shape index (κ1) is 13.9. The van der Waals surface area contributed by atoms with Gasteiger partial charge >= 0.3 is 0 Å². The number of rotatable bonds is 3. The average Bonchev–Trinajstić information content (AvgIpc) is 2.50. The van der Waals surface area contributed by atoms with Crippen molar-refractivity contribution in [2.24, 2.45) is 0 Å². The van der Waals surface area contributed by atoms with Crippen molar-refractivity contribution in [3.63, 3.8) is 0 Å². The lowest BCUT2D eigenvalue weighted by Gasteiger charge is -2.30. The summed E-state index contributed by atoms with van der Waals surface area (Å²) in [5, 5.41) is 3.14. The Balaban J connectivity index is 1.90. The molecule has 1 aliphatic rings. The van der Waals surface area contributed by atoms with Crippen LogP contribution in [-0.2, 0) is 11.3 Å². The average molecular weight is 347 g/mol. The lowest BCUT2D eigenvalue weighted by Crippen LogP contribution is -2.39. The summed E-state index contributed by atoms with van der Waals surface area (Å²) in [4.78, 5) is 14.0. The van der Waals surface area contributed by atoms with Gasteiger partial charge in [0.25, 0.3) is 0 Å². The summed E-state index contributed by atoms with van der Waals surface area (Å²) in [6.07, 6.45) is 0. The van der Waals surface area contributed by atoms with Crippen molar-refractivity contribution in [1.29, 1.82) is 0 Å². The van der Waals surface area contributed by atoms with Gasteiger partial charge in [0.2, 0.25) is 5.91 Å². The number of hydrogen-bond acceptors (Lipinski definition) is 3. The SMILES string of the molecule is COc1ccc(CN2C(=O)CNc3ccccc32)cc1Br. The fraction of sp³-hybridized carbons (Fsp3) is 0.188. The number of nitrogens with one attached hydrogen (secondary N) is 1. The molecule has 0 radical (unpaired) electrons. The van der Waals surface area contributed by atoms with E-state index in [4.69, 9.17) is 4.74 Å². The van der Waals surface area contributed by atoms with Gasteiger partial charge in [0.1, 0.15) is 5.75 Å². The predicted octanol–water partition coefficient (Wildman–Crippen LogP) is 3.42.